The van der Waals surface area contributed by atoms with Gasteiger partial charge < -0.3 is 15.2 Å². The Morgan fingerprint density at radius 3 is 3.26 bits per heavy atom. The minimum absolute atomic E-state index is 0.192. The summed E-state index contributed by atoms with van der Waals surface area (Å²) in [6.07, 6.45) is 2.21. The van der Waals surface area contributed by atoms with Crippen molar-refractivity contribution in [3.63, 3.8) is 0 Å². The number of likely N-dealkylation sites (N-methyl/N-ethyl adjacent to an activating group) is 1. The van der Waals surface area contributed by atoms with Crippen LogP contribution in [-0.4, -0.2) is 53.4 Å². The number of ketones is 1. The van der Waals surface area contributed by atoms with Gasteiger partial charge in [0.15, 0.2) is 5.78 Å². The zero-order valence-corrected chi connectivity index (χ0v) is 11.0. The lowest BCUT2D eigenvalue weighted by Crippen LogP contribution is -2.49. The van der Waals surface area contributed by atoms with Crippen LogP contribution in [0.25, 0.3) is 11.0 Å². The molecule has 100 valence electrons. The fourth-order valence-corrected chi connectivity index (χ4v) is 2.53. The van der Waals surface area contributed by atoms with Gasteiger partial charge in [0.2, 0.25) is 0 Å². The van der Waals surface area contributed by atoms with Gasteiger partial charge >= 0.3 is 0 Å². The van der Waals surface area contributed by atoms with Gasteiger partial charge in [-0.1, -0.05) is 0 Å². The number of carbonyl (C=O) groups is 1. The van der Waals surface area contributed by atoms with Crippen LogP contribution < -0.4 is 5.32 Å². The van der Waals surface area contributed by atoms with Crippen molar-refractivity contribution in [2.24, 2.45) is 0 Å². The Kier molecular flexibility index (Phi) is 3.31. The van der Waals surface area contributed by atoms with E-state index < -0.39 is 0 Å². The molecule has 2 heterocycles. The lowest BCUT2D eigenvalue weighted by atomic mass is 10.0. The molecule has 1 atom stereocenters. The number of carbonyl (C=O) groups excluding carboxylic acids is 1. The van der Waals surface area contributed by atoms with Crippen molar-refractivity contribution < 1.29 is 4.79 Å². The average molecular weight is 258 g/mol. The number of imidazole rings is 1. The van der Waals surface area contributed by atoms with E-state index in [1.807, 2.05) is 18.2 Å². The van der Waals surface area contributed by atoms with Crippen molar-refractivity contribution in [1.82, 2.24) is 20.2 Å². The Morgan fingerprint density at radius 1 is 1.53 bits per heavy atom. The number of Topliss-reactive ketones (excluding diaryl/α,β-unsaturated/α-hetero) is 1. The summed E-state index contributed by atoms with van der Waals surface area (Å²) in [5.41, 5.74) is 2.57. The molecule has 1 unspecified atom stereocenters. The number of nitrogens with zero attached hydrogens (tertiary/aromatic N) is 2. The number of rotatable bonds is 3. The van der Waals surface area contributed by atoms with Crippen molar-refractivity contribution in [2.75, 3.05) is 26.7 Å². The Hall–Kier alpha value is -1.72. The van der Waals surface area contributed by atoms with Gasteiger partial charge in [0.25, 0.3) is 0 Å². The summed E-state index contributed by atoms with van der Waals surface area (Å²) in [5, 5.41) is 3.34. The summed E-state index contributed by atoms with van der Waals surface area (Å²) in [6.45, 7) is 2.88. The van der Waals surface area contributed by atoms with Gasteiger partial charge in [-0.15, -0.1) is 0 Å². The summed E-state index contributed by atoms with van der Waals surface area (Å²) < 4.78 is 0. The maximum absolute atomic E-state index is 12.3. The quantitative estimate of drug-likeness (QED) is 0.808. The van der Waals surface area contributed by atoms with Crippen molar-refractivity contribution in [2.45, 2.75) is 12.5 Å². The largest absolute Gasteiger partial charge is 0.345 e. The summed E-state index contributed by atoms with van der Waals surface area (Å²) in [5.74, 6) is 0.192. The predicted molar refractivity (Wildman–Crippen MR) is 74.3 cm³/mol. The van der Waals surface area contributed by atoms with Crippen molar-refractivity contribution in [3.05, 3.63) is 30.1 Å². The van der Waals surface area contributed by atoms with Crippen molar-refractivity contribution >= 4 is 16.8 Å². The number of H-pyrrole nitrogens is 1. The zero-order chi connectivity index (χ0) is 13.2. The highest BCUT2D eigenvalue weighted by molar-refractivity contribution is 5.99. The number of hydrogen-bond acceptors (Lipinski definition) is 4. The Balaban J connectivity index is 1.75. The van der Waals surface area contributed by atoms with Gasteiger partial charge in [0.1, 0.15) is 0 Å². The number of fused-ring (bicyclic) bond motifs is 1. The third-order valence-electron chi connectivity index (χ3n) is 3.81. The molecule has 1 aromatic carbocycles. The molecule has 5 heteroatoms. The standard InChI is InChI=1S/C14H18N4O/c1-18-5-4-15-8-11(18)7-14(19)10-2-3-12-13(6-10)17-9-16-12/h2-3,6,9,11,15H,4-5,7-8H2,1H3,(H,16,17). The summed E-state index contributed by atoms with van der Waals surface area (Å²) in [7, 11) is 2.08. The van der Waals surface area contributed by atoms with Crippen LogP contribution >= 0.6 is 0 Å². The van der Waals surface area contributed by atoms with Crippen LogP contribution in [0.4, 0.5) is 0 Å². The Bertz CT molecular complexity index is 592. The van der Waals surface area contributed by atoms with E-state index in [1.54, 1.807) is 6.33 Å². The third kappa shape index (κ3) is 2.52. The molecule has 1 fully saturated rings. The first-order chi connectivity index (χ1) is 9.24. The third-order valence-corrected chi connectivity index (χ3v) is 3.81. The van der Waals surface area contributed by atoms with E-state index in [1.165, 1.54) is 0 Å². The molecule has 2 aromatic rings. The van der Waals surface area contributed by atoms with Crippen molar-refractivity contribution in [3.8, 4) is 0 Å². The fourth-order valence-electron chi connectivity index (χ4n) is 2.53. The maximum Gasteiger partial charge on any atom is 0.164 e. The molecule has 3 rings (SSSR count). The van der Waals surface area contributed by atoms with E-state index in [0.717, 1.165) is 36.2 Å². The molecular weight excluding hydrogens is 240 g/mol. The van der Waals surface area contributed by atoms with E-state index in [-0.39, 0.29) is 5.78 Å². The Morgan fingerprint density at radius 2 is 2.42 bits per heavy atom. The van der Waals surface area contributed by atoms with Crippen LogP contribution in [0.3, 0.4) is 0 Å². The molecular formula is C14H18N4O. The van der Waals surface area contributed by atoms with E-state index in [0.29, 0.717) is 12.5 Å². The van der Waals surface area contributed by atoms with E-state index in [4.69, 9.17) is 0 Å². The molecule has 19 heavy (non-hydrogen) atoms. The van der Waals surface area contributed by atoms with E-state index in [9.17, 15) is 4.79 Å². The number of piperazine rings is 1. The summed E-state index contributed by atoms with van der Waals surface area (Å²) in [4.78, 5) is 21.8. The second kappa shape index (κ2) is 5.11. The normalized spacial score (nSPS) is 20.8. The summed E-state index contributed by atoms with van der Waals surface area (Å²) in [6, 6.07) is 5.93. The second-order valence-electron chi connectivity index (χ2n) is 5.10. The van der Waals surface area contributed by atoms with Crippen LogP contribution in [0.1, 0.15) is 16.8 Å². The Labute approximate surface area is 112 Å². The van der Waals surface area contributed by atoms with Gasteiger partial charge in [-0.2, -0.15) is 0 Å². The number of aromatic amines is 1. The molecule has 1 aliphatic rings. The first-order valence-electron chi connectivity index (χ1n) is 6.61. The molecule has 2 N–H and O–H groups in total. The molecule has 5 nitrogen and oxygen atoms in total. The van der Waals surface area contributed by atoms with Crippen LogP contribution in [0.5, 0.6) is 0 Å². The zero-order valence-electron chi connectivity index (χ0n) is 11.0. The topological polar surface area (TPSA) is 61.0 Å². The van der Waals surface area contributed by atoms with Gasteiger partial charge in [-0.25, -0.2) is 4.98 Å². The predicted octanol–water partition coefficient (Wildman–Crippen LogP) is 1.04. The minimum Gasteiger partial charge on any atom is -0.345 e. The molecule has 1 aromatic heterocycles. The second-order valence-corrected chi connectivity index (χ2v) is 5.10. The fraction of sp³-hybridized carbons (Fsp3) is 0.429. The molecule has 0 aliphatic carbocycles. The molecule has 0 spiro atoms. The molecule has 0 radical (unpaired) electrons. The lowest BCUT2D eigenvalue weighted by Gasteiger charge is -2.32. The van der Waals surface area contributed by atoms with Gasteiger partial charge in [-0.05, 0) is 25.2 Å². The van der Waals surface area contributed by atoms with Gasteiger partial charge in [-0.3, -0.25) is 4.79 Å². The first kappa shape index (κ1) is 12.3. The van der Waals surface area contributed by atoms with Crippen LogP contribution in [-0.2, 0) is 0 Å². The van der Waals surface area contributed by atoms with E-state index in [2.05, 4.69) is 27.2 Å². The highest BCUT2D eigenvalue weighted by atomic mass is 16.1. The molecule has 0 amide bonds. The maximum atomic E-state index is 12.3. The SMILES string of the molecule is CN1CCNCC1CC(=O)c1ccc2nc[nH]c2c1. The monoisotopic (exact) mass is 258 g/mol. The first-order valence-corrected chi connectivity index (χ1v) is 6.61. The molecule has 0 saturated carbocycles. The van der Waals surface area contributed by atoms with Crippen molar-refractivity contribution in [1.29, 1.82) is 0 Å². The number of benzene rings is 1. The summed E-state index contributed by atoms with van der Waals surface area (Å²) >= 11 is 0. The lowest BCUT2D eigenvalue weighted by molar-refractivity contribution is 0.0917. The van der Waals surface area contributed by atoms with Gasteiger partial charge in [0, 0.05) is 37.7 Å². The number of hydrogen-bond donors (Lipinski definition) is 2. The molecule has 0 bridgehead atoms. The highest BCUT2D eigenvalue weighted by Gasteiger charge is 2.22. The smallest absolute Gasteiger partial charge is 0.164 e. The van der Waals surface area contributed by atoms with Crippen LogP contribution in [0.15, 0.2) is 24.5 Å². The van der Waals surface area contributed by atoms with E-state index >= 15 is 0 Å². The molecule has 1 aliphatic heterocycles. The minimum atomic E-state index is 0.192. The van der Waals surface area contributed by atoms with Crippen LogP contribution in [0, 0.1) is 0 Å². The number of nitrogens with one attached hydrogen (secondary N) is 2. The van der Waals surface area contributed by atoms with Crippen LogP contribution in [0.2, 0.25) is 0 Å². The highest BCUT2D eigenvalue weighted by Crippen LogP contribution is 2.15. The number of aromatic nitrogens is 2. The average Bonchev–Trinajstić information content (AvgIpc) is 2.88. The van der Waals surface area contributed by atoms with Gasteiger partial charge in [0.05, 0.1) is 17.4 Å². The molecule has 1 saturated heterocycles.